The fourth-order valence-corrected chi connectivity index (χ4v) is 1.84. The van der Waals surface area contributed by atoms with E-state index >= 15 is 0 Å². The number of hydrogen-bond acceptors (Lipinski definition) is 4. The lowest BCUT2D eigenvalue weighted by molar-refractivity contribution is 0.316. The molecule has 19 heavy (non-hydrogen) atoms. The van der Waals surface area contributed by atoms with Crippen LogP contribution < -0.4 is 15.8 Å². The van der Waals surface area contributed by atoms with E-state index in [4.69, 9.17) is 10.5 Å². The van der Waals surface area contributed by atoms with E-state index in [1.54, 1.807) is 0 Å². The summed E-state index contributed by atoms with van der Waals surface area (Å²) in [6.45, 7) is 5.38. The molecule has 1 aromatic rings. The normalized spacial score (nSPS) is 12.7. The molecule has 0 aliphatic rings. The zero-order valence-electron chi connectivity index (χ0n) is 12.4. The summed E-state index contributed by atoms with van der Waals surface area (Å²) in [7, 11) is 4.14. The minimum absolute atomic E-state index is 0.185. The van der Waals surface area contributed by atoms with Crippen molar-refractivity contribution in [2.24, 2.45) is 5.73 Å². The van der Waals surface area contributed by atoms with Crippen molar-refractivity contribution in [1.82, 2.24) is 10.2 Å². The smallest absolute Gasteiger partial charge is 0.119 e. The van der Waals surface area contributed by atoms with Gasteiger partial charge in [0.15, 0.2) is 0 Å². The lowest BCUT2D eigenvalue weighted by atomic mass is 10.1. The SMILES string of the molecule is CCCOc1cccc(C(CN)NCCN(C)C)c1. The second-order valence-electron chi connectivity index (χ2n) is 4.97. The van der Waals surface area contributed by atoms with Crippen molar-refractivity contribution in [3.63, 3.8) is 0 Å². The molecule has 0 aliphatic heterocycles. The lowest BCUT2D eigenvalue weighted by Gasteiger charge is -2.19. The highest BCUT2D eigenvalue weighted by atomic mass is 16.5. The number of nitrogens with zero attached hydrogens (tertiary/aromatic N) is 1. The molecule has 3 N–H and O–H groups in total. The summed E-state index contributed by atoms with van der Waals surface area (Å²) in [5, 5.41) is 3.48. The molecule has 0 heterocycles. The van der Waals surface area contributed by atoms with E-state index in [1.165, 1.54) is 5.56 Å². The molecular formula is C15H27N3O. The Morgan fingerprint density at radius 2 is 2.16 bits per heavy atom. The van der Waals surface area contributed by atoms with Crippen LogP contribution in [0.1, 0.15) is 24.9 Å². The Kier molecular flexibility index (Phi) is 7.48. The first-order valence-corrected chi connectivity index (χ1v) is 6.98. The first-order chi connectivity index (χ1) is 9.17. The van der Waals surface area contributed by atoms with Crippen LogP contribution in [0.4, 0.5) is 0 Å². The number of likely N-dealkylation sites (N-methyl/N-ethyl adjacent to an activating group) is 1. The number of nitrogens with two attached hydrogens (primary N) is 1. The molecule has 0 amide bonds. The number of hydrogen-bond donors (Lipinski definition) is 2. The quantitative estimate of drug-likeness (QED) is 0.712. The molecule has 0 saturated carbocycles. The number of benzene rings is 1. The zero-order chi connectivity index (χ0) is 14.1. The molecular weight excluding hydrogens is 238 g/mol. The zero-order valence-corrected chi connectivity index (χ0v) is 12.4. The monoisotopic (exact) mass is 265 g/mol. The van der Waals surface area contributed by atoms with Crippen LogP contribution in [-0.4, -0.2) is 45.2 Å². The van der Waals surface area contributed by atoms with Crippen molar-refractivity contribution in [3.8, 4) is 5.75 Å². The predicted octanol–water partition coefficient (Wildman–Crippen LogP) is 1.63. The molecule has 4 heteroatoms. The van der Waals surface area contributed by atoms with Gasteiger partial charge in [0, 0.05) is 25.7 Å². The van der Waals surface area contributed by atoms with E-state index in [1.807, 2.05) is 12.1 Å². The van der Waals surface area contributed by atoms with Gasteiger partial charge in [-0.05, 0) is 38.2 Å². The summed E-state index contributed by atoms with van der Waals surface area (Å²) in [5.74, 6) is 0.923. The maximum atomic E-state index is 5.85. The maximum absolute atomic E-state index is 5.85. The van der Waals surface area contributed by atoms with Crippen LogP contribution in [0.2, 0.25) is 0 Å². The standard InChI is InChI=1S/C15H27N3O/c1-4-10-19-14-7-5-6-13(11-14)15(12-16)17-8-9-18(2)3/h5-7,11,15,17H,4,8-10,12,16H2,1-3H3. The summed E-state index contributed by atoms with van der Waals surface area (Å²) < 4.78 is 5.66. The Labute approximate surface area is 116 Å². The Morgan fingerprint density at radius 1 is 1.37 bits per heavy atom. The molecule has 4 nitrogen and oxygen atoms in total. The van der Waals surface area contributed by atoms with Crippen LogP contribution in [0.15, 0.2) is 24.3 Å². The molecule has 0 saturated heterocycles. The summed E-state index contributed by atoms with van der Waals surface area (Å²) in [6.07, 6.45) is 1.02. The Bertz CT molecular complexity index is 355. The van der Waals surface area contributed by atoms with Gasteiger partial charge in [-0.15, -0.1) is 0 Å². The highest BCUT2D eigenvalue weighted by Crippen LogP contribution is 2.19. The van der Waals surface area contributed by atoms with Gasteiger partial charge in [0.1, 0.15) is 5.75 Å². The van der Waals surface area contributed by atoms with Crippen LogP contribution in [0, 0.1) is 0 Å². The predicted molar refractivity (Wildman–Crippen MR) is 80.6 cm³/mol. The average molecular weight is 265 g/mol. The summed E-state index contributed by atoms with van der Waals surface area (Å²) in [5.41, 5.74) is 7.04. The van der Waals surface area contributed by atoms with Crippen molar-refractivity contribution in [2.45, 2.75) is 19.4 Å². The highest BCUT2D eigenvalue weighted by molar-refractivity contribution is 5.30. The third kappa shape index (κ3) is 6.05. The fourth-order valence-electron chi connectivity index (χ4n) is 1.84. The van der Waals surface area contributed by atoms with Crippen molar-refractivity contribution < 1.29 is 4.74 Å². The third-order valence-electron chi connectivity index (χ3n) is 2.92. The molecule has 1 rings (SSSR count). The first-order valence-electron chi connectivity index (χ1n) is 6.98. The van der Waals surface area contributed by atoms with Crippen LogP contribution in [-0.2, 0) is 0 Å². The van der Waals surface area contributed by atoms with Gasteiger partial charge in [-0.2, -0.15) is 0 Å². The number of rotatable bonds is 9. The van der Waals surface area contributed by atoms with E-state index in [0.29, 0.717) is 6.54 Å². The number of ether oxygens (including phenoxy) is 1. The van der Waals surface area contributed by atoms with E-state index in [9.17, 15) is 0 Å². The van der Waals surface area contributed by atoms with Gasteiger partial charge in [0.25, 0.3) is 0 Å². The summed E-state index contributed by atoms with van der Waals surface area (Å²) in [6, 6.07) is 8.38. The first kappa shape index (κ1) is 16.0. The third-order valence-corrected chi connectivity index (χ3v) is 2.92. The number of nitrogens with one attached hydrogen (secondary N) is 1. The van der Waals surface area contributed by atoms with Crippen LogP contribution in [0.3, 0.4) is 0 Å². The lowest BCUT2D eigenvalue weighted by Crippen LogP contribution is -2.33. The second kappa shape index (κ2) is 8.91. The molecule has 1 aromatic carbocycles. The van der Waals surface area contributed by atoms with Crippen LogP contribution in [0.5, 0.6) is 5.75 Å². The van der Waals surface area contributed by atoms with Gasteiger partial charge >= 0.3 is 0 Å². The Hall–Kier alpha value is -1.10. The van der Waals surface area contributed by atoms with Crippen molar-refractivity contribution in [2.75, 3.05) is 40.3 Å². The minimum atomic E-state index is 0.185. The molecule has 0 aromatic heterocycles. The van der Waals surface area contributed by atoms with Gasteiger partial charge in [-0.3, -0.25) is 0 Å². The van der Waals surface area contributed by atoms with Crippen molar-refractivity contribution in [3.05, 3.63) is 29.8 Å². The minimum Gasteiger partial charge on any atom is -0.494 e. The van der Waals surface area contributed by atoms with E-state index in [0.717, 1.165) is 31.9 Å². The van der Waals surface area contributed by atoms with E-state index < -0.39 is 0 Å². The highest BCUT2D eigenvalue weighted by Gasteiger charge is 2.09. The largest absolute Gasteiger partial charge is 0.494 e. The molecule has 0 aliphatic carbocycles. The fraction of sp³-hybridized carbons (Fsp3) is 0.600. The summed E-state index contributed by atoms with van der Waals surface area (Å²) >= 11 is 0. The van der Waals surface area contributed by atoms with Crippen molar-refractivity contribution in [1.29, 1.82) is 0 Å². The maximum Gasteiger partial charge on any atom is 0.119 e. The van der Waals surface area contributed by atoms with Gasteiger partial charge in [0.05, 0.1) is 6.61 Å². The molecule has 108 valence electrons. The van der Waals surface area contributed by atoms with Gasteiger partial charge in [-0.1, -0.05) is 19.1 Å². The summed E-state index contributed by atoms with van der Waals surface area (Å²) in [4.78, 5) is 2.15. The van der Waals surface area contributed by atoms with Crippen LogP contribution in [0.25, 0.3) is 0 Å². The van der Waals surface area contributed by atoms with E-state index in [2.05, 4.69) is 43.4 Å². The molecule has 0 radical (unpaired) electrons. The van der Waals surface area contributed by atoms with Crippen molar-refractivity contribution >= 4 is 0 Å². The van der Waals surface area contributed by atoms with Gasteiger partial charge in [-0.25, -0.2) is 0 Å². The Morgan fingerprint density at radius 3 is 2.79 bits per heavy atom. The van der Waals surface area contributed by atoms with E-state index in [-0.39, 0.29) is 6.04 Å². The average Bonchev–Trinajstić information content (AvgIpc) is 2.41. The van der Waals surface area contributed by atoms with Gasteiger partial charge < -0.3 is 20.7 Å². The van der Waals surface area contributed by atoms with Crippen LogP contribution >= 0.6 is 0 Å². The molecule has 1 atom stereocenters. The Balaban J connectivity index is 2.58. The van der Waals surface area contributed by atoms with Gasteiger partial charge in [0.2, 0.25) is 0 Å². The topological polar surface area (TPSA) is 50.5 Å². The second-order valence-corrected chi connectivity index (χ2v) is 4.97. The molecule has 0 fully saturated rings. The molecule has 1 unspecified atom stereocenters. The molecule has 0 bridgehead atoms. The molecule has 0 spiro atoms.